The van der Waals surface area contributed by atoms with Crippen molar-refractivity contribution in [2.45, 2.75) is 0 Å². The number of hydrogen-bond acceptors (Lipinski definition) is 2. The standard InChI is InChI=1S/C39H23NS/c1-2-10-26(11-3-1)37-33-22-21-31-30-15-8-14-29(38(30)41-39(31)36(33)32-13-6-7-16-35(32)40-37)27-20-19-25-18-17-24-9-4-5-12-28(24)34(25)23-27/h1-23H. The molecule has 2 heterocycles. The van der Waals surface area contributed by atoms with Crippen LogP contribution < -0.4 is 0 Å². The van der Waals surface area contributed by atoms with E-state index in [0.29, 0.717) is 0 Å². The van der Waals surface area contributed by atoms with Gasteiger partial charge in [-0.3, -0.25) is 0 Å². The van der Waals surface area contributed by atoms with Crippen LogP contribution in [-0.4, -0.2) is 4.98 Å². The van der Waals surface area contributed by atoms with Crippen LogP contribution in [0.15, 0.2) is 140 Å². The molecule has 0 spiro atoms. The Kier molecular flexibility index (Phi) is 4.84. The Morgan fingerprint density at radius 3 is 2.00 bits per heavy atom. The zero-order valence-corrected chi connectivity index (χ0v) is 23.0. The van der Waals surface area contributed by atoms with E-state index in [1.807, 2.05) is 11.3 Å². The van der Waals surface area contributed by atoms with Crippen molar-refractivity contribution < 1.29 is 0 Å². The second kappa shape index (κ2) is 8.72. The lowest BCUT2D eigenvalue weighted by Crippen LogP contribution is -1.89. The van der Waals surface area contributed by atoms with Crippen molar-refractivity contribution in [3.05, 3.63) is 140 Å². The summed E-state index contributed by atoms with van der Waals surface area (Å²) in [5.41, 5.74) is 5.76. The highest BCUT2D eigenvalue weighted by Crippen LogP contribution is 2.46. The Morgan fingerprint density at radius 1 is 0.415 bits per heavy atom. The molecule has 9 aromatic rings. The van der Waals surface area contributed by atoms with Crippen molar-refractivity contribution >= 4 is 74.7 Å². The number of para-hydroxylation sites is 1. The molecule has 0 amide bonds. The molecule has 7 aromatic carbocycles. The minimum Gasteiger partial charge on any atom is -0.247 e. The van der Waals surface area contributed by atoms with E-state index in [2.05, 4.69) is 140 Å². The molecule has 0 N–H and O–H groups in total. The van der Waals surface area contributed by atoms with Crippen molar-refractivity contribution in [3.63, 3.8) is 0 Å². The molecule has 41 heavy (non-hydrogen) atoms. The Labute approximate surface area is 240 Å². The molecule has 0 bridgehead atoms. The van der Waals surface area contributed by atoms with E-state index in [1.165, 1.54) is 69.0 Å². The highest BCUT2D eigenvalue weighted by atomic mass is 32.1. The monoisotopic (exact) mass is 537 g/mol. The molecule has 2 heteroatoms. The third kappa shape index (κ3) is 3.38. The predicted molar refractivity (Wildman–Crippen MR) is 178 cm³/mol. The third-order valence-electron chi connectivity index (χ3n) is 8.43. The van der Waals surface area contributed by atoms with Crippen LogP contribution in [0.2, 0.25) is 0 Å². The van der Waals surface area contributed by atoms with E-state index in [1.54, 1.807) is 0 Å². The maximum absolute atomic E-state index is 5.16. The van der Waals surface area contributed by atoms with E-state index >= 15 is 0 Å². The number of pyridine rings is 1. The van der Waals surface area contributed by atoms with Crippen LogP contribution in [-0.2, 0) is 0 Å². The van der Waals surface area contributed by atoms with Crippen LogP contribution in [0.4, 0.5) is 0 Å². The smallest absolute Gasteiger partial charge is 0.0788 e. The van der Waals surface area contributed by atoms with Gasteiger partial charge < -0.3 is 0 Å². The first-order valence-corrected chi connectivity index (χ1v) is 14.8. The van der Waals surface area contributed by atoms with Gasteiger partial charge in [0.2, 0.25) is 0 Å². The van der Waals surface area contributed by atoms with Gasteiger partial charge >= 0.3 is 0 Å². The Balaban J connectivity index is 1.37. The summed E-state index contributed by atoms with van der Waals surface area (Å²) < 4.78 is 2.66. The molecule has 0 aliphatic heterocycles. The minimum atomic E-state index is 1.03. The molecule has 1 nitrogen and oxygen atoms in total. The minimum absolute atomic E-state index is 1.03. The van der Waals surface area contributed by atoms with Gasteiger partial charge in [0, 0.05) is 41.9 Å². The summed E-state index contributed by atoms with van der Waals surface area (Å²) in [5, 5.41) is 11.5. The summed E-state index contributed by atoms with van der Waals surface area (Å²) in [6.07, 6.45) is 0. The maximum Gasteiger partial charge on any atom is 0.0788 e. The summed E-state index contributed by atoms with van der Waals surface area (Å²) in [4.78, 5) is 5.16. The number of fused-ring (bicyclic) bond motifs is 10. The van der Waals surface area contributed by atoms with Crippen molar-refractivity contribution in [1.82, 2.24) is 4.98 Å². The highest BCUT2D eigenvalue weighted by Gasteiger charge is 2.17. The first-order valence-electron chi connectivity index (χ1n) is 14.0. The van der Waals surface area contributed by atoms with Crippen LogP contribution in [0.1, 0.15) is 0 Å². The molecule has 0 unspecified atom stereocenters. The van der Waals surface area contributed by atoms with Gasteiger partial charge in [-0.25, -0.2) is 4.98 Å². The van der Waals surface area contributed by atoms with E-state index < -0.39 is 0 Å². The molecule has 9 rings (SSSR count). The average molecular weight is 538 g/mol. The molecule has 0 saturated heterocycles. The predicted octanol–water partition coefficient (Wildman–Crippen LogP) is 11.4. The quantitative estimate of drug-likeness (QED) is 0.200. The molecule has 190 valence electrons. The fraction of sp³-hybridized carbons (Fsp3) is 0. The molecular formula is C39H23NS. The Morgan fingerprint density at radius 2 is 1.10 bits per heavy atom. The zero-order valence-electron chi connectivity index (χ0n) is 22.1. The molecule has 0 aliphatic rings. The van der Waals surface area contributed by atoms with Crippen molar-refractivity contribution in [3.8, 4) is 22.4 Å². The summed E-state index contributed by atoms with van der Waals surface area (Å²) >= 11 is 1.91. The van der Waals surface area contributed by atoms with Gasteiger partial charge in [-0.1, -0.05) is 127 Å². The number of rotatable bonds is 2. The second-order valence-corrected chi connectivity index (χ2v) is 11.7. The van der Waals surface area contributed by atoms with Crippen LogP contribution >= 0.6 is 11.3 Å². The molecule has 0 aliphatic carbocycles. The summed E-state index contributed by atoms with van der Waals surface area (Å²) in [6.45, 7) is 0. The Bertz CT molecular complexity index is 2470. The number of benzene rings is 7. The SMILES string of the molecule is c1ccc(-c2nc3ccccc3c3c2ccc2c4cccc(-c5ccc6ccc7ccccc7c6c5)c4sc23)cc1. The fourth-order valence-corrected chi connectivity index (χ4v) is 7.90. The van der Waals surface area contributed by atoms with E-state index in [-0.39, 0.29) is 0 Å². The third-order valence-corrected chi connectivity index (χ3v) is 9.70. The van der Waals surface area contributed by atoms with Crippen molar-refractivity contribution in [2.75, 3.05) is 0 Å². The fourth-order valence-electron chi connectivity index (χ4n) is 6.50. The van der Waals surface area contributed by atoms with Crippen molar-refractivity contribution in [1.29, 1.82) is 0 Å². The van der Waals surface area contributed by atoms with E-state index in [0.717, 1.165) is 16.8 Å². The number of nitrogens with zero attached hydrogens (tertiary/aromatic N) is 1. The van der Waals surface area contributed by atoms with Crippen LogP contribution in [0.3, 0.4) is 0 Å². The lowest BCUT2D eigenvalue weighted by molar-refractivity contribution is 1.43. The van der Waals surface area contributed by atoms with Gasteiger partial charge in [-0.15, -0.1) is 11.3 Å². The lowest BCUT2D eigenvalue weighted by Gasteiger charge is -2.11. The lowest BCUT2D eigenvalue weighted by atomic mass is 9.95. The van der Waals surface area contributed by atoms with E-state index in [9.17, 15) is 0 Å². The van der Waals surface area contributed by atoms with E-state index in [4.69, 9.17) is 4.98 Å². The largest absolute Gasteiger partial charge is 0.247 e. The number of aromatic nitrogens is 1. The second-order valence-electron chi connectivity index (χ2n) is 10.7. The first kappa shape index (κ1) is 22.7. The topological polar surface area (TPSA) is 12.9 Å². The van der Waals surface area contributed by atoms with Gasteiger partial charge in [-0.05, 0) is 44.8 Å². The number of hydrogen-bond donors (Lipinski definition) is 0. The number of thiophene rings is 1. The van der Waals surface area contributed by atoms with Crippen LogP contribution in [0, 0.1) is 0 Å². The van der Waals surface area contributed by atoms with Gasteiger partial charge in [-0.2, -0.15) is 0 Å². The van der Waals surface area contributed by atoms with Crippen LogP contribution in [0.5, 0.6) is 0 Å². The summed E-state index contributed by atoms with van der Waals surface area (Å²) in [6, 6.07) is 50.5. The normalized spacial score (nSPS) is 11.9. The Hall–Kier alpha value is -5.05. The van der Waals surface area contributed by atoms with Gasteiger partial charge in [0.1, 0.15) is 0 Å². The molecule has 0 atom stereocenters. The average Bonchev–Trinajstić information content (AvgIpc) is 3.43. The van der Waals surface area contributed by atoms with Crippen LogP contribution in [0.25, 0.3) is 85.8 Å². The summed E-state index contributed by atoms with van der Waals surface area (Å²) in [7, 11) is 0. The molecule has 0 radical (unpaired) electrons. The van der Waals surface area contributed by atoms with Crippen molar-refractivity contribution in [2.24, 2.45) is 0 Å². The van der Waals surface area contributed by atoms with Gasteiger partial charge in [0.15, 0.2) is 0 Å². The summed E-state index contributed by atoms with van der Waals surface area (Å²) in [5.74, 6) is 0. The molecule has 2 aromatic heterocycles. The maximum atomic E-state index is 5.16. The molecule has 0 saturated carbocycles. The highest BCUT2D eigenvalue weighted by molar-refractivity contribution is 7.27. The first-order chi connectivity index (χ1) is 20.3. The molecule has 0 fully saturated rings. The van der Waals surface area contributed by atoms with Gasteiger partial charge in [0.05, 0.1) is 11.2 Å². The zero-order chi connectivity index (χ0) is 26.9. The molecular weight excluding hydrogens is 515 g/mol. The van der Waals surface area contributed by atoms with Gasteiger partial charge in [0.25, 0.3) is 0 Å².